The molecular formula is C18H26N4O4. The van der Waals surface area contributed by atoms with E-state index in [1.165, 1.54) is 6.07 Å². The van der Waals surface area contributed by atoms with Gasteiger partial charge in [-0.3, -0.25) is 14.5 Å². The number of carbonyl (C=O) groups is 3. The summed E-state index contributed by atoms with van der Waals surface area (Å²) >= 11 is 0. The molecule has 8 nitrogen and oxygen atoms in total. The number of benzene rings is 1. The van der Waals surface area contributed by atoms with Crippen LogP contribution in [0.4, 0.5) is 0 Å². The molecule has 1 aliphatic heterocycles. The number of likely N-dealkylation sites (N-methyl/N-ethyl adjacent to an activating group) is 1. The normalized spacial score (nSPS) is 20.0. The van der Waals surface area contributed by atoms with Crippen LogP contribution in [0.5, 0.6) is 0 Å². The van der Waals surface area contributed by atoms with Gasteiger partial charge in [-0.05, 0) is 43.5 Å². The lowest BCUT2D eigenvalue weighted by Gasteiger charge is -2.22. The number of nitrogens with zero attached hydrogens (tertiary/aromatic N) is 1. The van der Waals surface area contributed by atoms with Crippen molar-refractivity contribution in [2.75, 3.05) is 19.6 Å². The van der Waals surface area contributed by atoms with E-state index in [0.29, 0.717) is 19.5 Å². The summed E-state index contributed by atoms with van der Waals surface area (Å²) in [6.07, 6.45) is 0.527. The van der Waals surface area contributed by atoms with Gasteiger partial charge >= 0.3 is 5.97 Å². The summed E-state index contributed by atoms with van der Waals surface area (Å²) in [4.78, 5) is 37.3. The van der Waals surface area contributed by atoms with Crippen molar-refractivity contribution in [2.24, 2.45) is 5.73 Å². The lowest BCUT2D eigenvalue weighted by atomic mass is 10.0. The minimum absolute atomic E-state index is 0.0766. The summed E-state index contributed by atoms with van der Waals surface area (Å²) in [5, 5.41) is 14.6. The molecule has 2 atom stereocenters. The van der Waals surface area contributed by atoms with Crippen molar-refractivity contribution in [3.8, 4) is 0 Å². The lowest BCUT2D eigenvalue weighted by molar-refractivity contribution is -0.127. The molecule has 2 rings (SSSR count). The Labute approximate surface area is 152 Å². The topological polar surface area (TPSA) is 125 Å². The largest absolute Gasteiger partial charge is 0.478 e. The van der Waals surface area contributed by atoms with E-state index in [1.54, 1.807) is 17.0 Å². The fourth-order valence-electron chi connectivity index (χ4n) is 3.11. The molecule has 0 spiro atoms. The molecule has 8 heteroatoms. The Hall–Kier alpha value is -2.45. The van der Waals surface area contributed by atoms with Crippen LogP contribution < -0.4 is 16.4 Å². The van der Waals surface area contributed by atoms with Crippen molar-refractivity contribution in [3.63, 3.8) is 0 Å². The van der Waals surface area contributed by atoms with Gasteiger partial charge in [0.2, 0.25) is 11.8 Å². The summed E-state index contributed by atoms with van der Waals surface area (Å²) < 4.78 is 0. The maximum atomic E-state index is 12.3. The highest BCUT2D eigenvalue weighted by atomic mass is 16.4. The smallest absolute Gasteiger partial charge is 0.335 e. The number of rotatable bonds is 7. The summed E-state index contributed by atoms with van der Waals surface area (Å²) in [5.74, 6) is -1.35. The molecule has 1 saturated heterocycles. The van der Waals surface area contributed by atoms with Crippen LogP contribution in [0, 0.1) is 6.92 Å². The summed E-state index contributed by atoms with van der Waals surface area (Å²) in [7, 11) is 0. The third-order valence-electron chi connectivity index (χ3n) is 4.51. The minimum Gasteiger partial charge on any atom is -0.478 e. The average molecular weight is 362 g/mol. The minimum atomic E-state index is -1.01. The van der Waals surface area contributed by atoms with E-state index in [-0.39, 0.29) is 36.5 Å². The second-order valence-corrected chi connectivity index (χ2v) is 6.56. The molecular weight excluding hydrogens is 336 g/mol. The Bertz CT molecular complexity index is 692. The molecule has 1 fully saturated rings. The Morgan fingerprint density at radius 1 is 1.31 bits per heavy atom. The van der Waals surface area contributed by atoms with Crippen molar-refractivity contribution in [2.45, 2.75) is 38.9 Å². The number of carboxylic acids is 1. The second kappa shape index (κ2) is 8.77. The highest BCUT2D eigenvalue weighted by Crippen LogP contribution is 2.16. The SMILES string of the molecule is CCNC(=O)[C@@H]1C[C@H](N)CN1CC(=O)NCc1cc(C(=O)O)ccc1C. The standard InChI is InChI=1S/C18H26N4O4/c1-3-20-17(24)15-7-14(19)9-22(15)10-16(23)21-8-13-6-12(18(25)26)5-4-11(13)2/h4-6,14-15H,3,7-10,19H2,1-2H3,(H,20,24)(H,21,23)(H,25,26)/t14-,15-/m0/s1. The van der Waals surface area contributed by atoms with Gasteiger partial charge in [0.25, 0.3) is 0 Å². The van der Waals surface area contributed by atoms with E-state index in [2.05, 4.69) is 10.6 Å². The van der Waals surface area contributed by atoms with E-state index >= 15 is 0 Å². The first-order valence-electron chi connectivity index (χ1n) is 8.68. The Morgan fingerprint density at radius 3 is 2.69 bits per heavy atom. The van der Waals surface area contributed by atoms with Gasteiger partial charge in [0.05, 0.1) is 18.2 Å². The van der Waals surface area contributed by atoms with E-state index in [1.807, 2.05) is 13.8 Å². The number of nitrogens with one attached hydrogen (secondary N) is 2. The number of hydrogen-bond donors (Lipinski definition) is 4. The lowest BCUT2D eigenvalue weighted by Crippen LogP contribution is -2.47. The van der Waals surface area contributed by atoms with Crippen LogP contribution in [0.1, 0.15) is 34.8 Å². The van der Waals surface area contributed by atoms with E-state index in [4.69, 9.17) is 10.8 Å². The molecule has 1 aromatic rings. The number of carbonyl (C=O) groups excluding carboxylic acids is 2. The number of amides is 2. The predicted octanol–water partition coefficient (Wildman–Crippen LogP) is -0.153. The van der Waals surface area contributed by atoms with Crippen LogP contribution in [-0.4, -0.2) is 59.5 Å². The van der Waals surface area contributed by atoms with Crippen molar-refractivity contribution in [3.05, 3.63) is 34.9 Å². The Balaban J connectivity index is 1.95. The number of likely N-dealkylation sites (tertiary alicyclic amines) is 1. The quantitative estimate of drug-likeness (QED) is 0.534. The molecule has 0 aromatic heterocycles. The fraction of sp³-hybridized carbons (Fsp3) is 0.500. The fourth-order valence-corrected chi connectivity index (χ4v) is 3.11. The van der Waals surface area contributed by atoms with Gasteiger partial charge < -0.3 is 21.5 Å². The predicted molar refractivity (Wildman–Crippen MR) is 96.6 cm³/mol. The molecule has 1 aliphatic rings. The van der Waals surface area contributed by atoms with Gasteiger partial charge in [-0.1, -0.05) is 6.07 Å². The number of carboxylic acid groups (broad SMARTS) is 1. The van der Waals surface area contributed by atoms with Crippen LogP contribution in [0.15, 0.2) is 18.2 Å². The summed E-state index contributed by atoms with van der Waals surface area (Å²) in [6.45, 7) is 5.03. The van der Waals surface area contributed by atoms with E-state index < -0.39 is 12.0 Å². The van der Waals surface area contributed by atoms with Crippen LogP contribution in [0.2, 0.25) is 0 Å². The van der Waals surface area contributed by atoms with Crippen LogP contribution in [-0.2, 0) is 16.1 Å². The third kappa shape index (κ3) is 5.03. The molecule has 1 aromatic carbocycles. The Morgan fingerprint density at radius 2 is 2.04 bits per heavy atom. The molecule has 5 N–H and O–H groups in total. The first-order valence-corrected chi connectivity index (χ1v) is 8.68. The van der Waals surface area contributed by atoms with E-state index in [0.717, 1.165) is 11.1 Å². The van der Waals surface area contributed by atoms with Crippen molar-refractivity contribution in [1.29, 1.82) is 0 Å². The van der Waals surface area contributed by atoms with Gasteiger partial charge in [-0.25, -0.2) is 4.79 Å². The first kappa shape index (κ1) is 19.9. The second-order valence-electron chi connectivity index (χ2n) is 6.56. The first-order chi connectivity index (χ1) is 12.3. The molecule has 1 heterocycles. The van der Waals surface area contributed by atoms with Gasteiger partial charge in [0.1, 0.15) is 0 Å². The maximum Gasteiger partial charge on any atom is 0.335 e. The zero-order chi connectivity index (χ0) is 19.3. The number of nitrogens with two attached hydrogens (primary N) is 1. The Kier molecular flexibility index (Phi) is 6.70. The summed E-state index contributed by atoms with van der Waals surface area (Å²) in [5.41, 5.74) is 7.78. The maximum absolute atomic E-state index is 12.3. The summed E-state index contributed by atoms with van der Waals surface area (Å²) in [6, 6.07) is 4.28. The number of hydrogen-bond acceptors (Lipinski definition) is 5. The number of aryl methyl sites for hydroxylation is 1. The highest BCUT2D eigenvalue weighted by molar-refractivity contribution is 5.88. The van der Waals surface area contributed by atoms with Crippen molar-refractivity contribution < 1.29 is 19.5 Å². The zero-order valence-electron chi connectivity index (χ0n) is 15.1. The van der Waals surface area contributed by atoms with Gasteiger partial charge in [0, 0.05) is 25.7 Å². The molecule has 0 unspecified atom stereocenters. The van der Waals surface area contributed by atoms with Gasteiger partial charge in [0.15, 0.2) is 0 Å². The molecule has 0 radical (unpaired) electrons. The van der Waals surface area contributed by atoms with Gasteiger partial charge in [-0.2, -0.15) is 0 Å². The molecule has 26 heavy (non-hydrogen) atoms. The van der Waals surface area contributed by atoms with Crippen molar-refractivity contribution in [1.82, 2.24) is 15.5 Å². The molecule has 2 amide bonds. The highest BCUT2D eigenvalue weighted by Gasteiger charge is 2.35. The van der Waals surface area contributed by atoms with Crippen LogP contribution >= 0.6 is 0 Å². The van der Waals surface area contributed by atoms with Gasteiger partial charge in [-0.15, -0.1) is 0 Å². The monoisotopic (exact) mass is 362 g/mol. The average Bonchev–Trinajstić information content (AvgIpc) is 2.94. The molecule has 142 valence electrons. The molecule has 0 saturated carbocycles. The molecule has 0 aliphatic carbocycles. The van der Waals surface area contributed by atoms with Crippen molar-refractivity contribution >= 4 is 17.8 Å². The van der Waals surface area contributed by atoms with Crippen LogP contribution in [0.3, 0.4) is 0 Å². The zero-order valence-corrected chi connectivity index (χ0v) is 15.1. The van der Waals surface area contributed by atoms with E-state index in [9.17, 15) is 14.4 Å². The number of aromatic carboxylic acids is 1. The van der Waals surface area contributed by atoms with Crippen LogP contribution in [0.25, 0.3) is 0 Å². The third-order valence-corrected chi connectivity index (χ3v) is 4.51. The molecule has 0 bridgehead atoms.